The Morgan fingerprint density at radius 2 is 2.47 bits per heavy atom. The van der Waals surface area contributed by atoms with Gasteiger partial charge in [-0.2, -0.15) is 0 Å². The molecule has 0 spiro atoms. The monoisotopic (exact) mass is 230 g/mol. The van der Waals surface area contributed by atoms with Gasteiger partial charge in [-0.25, -0.2) is 4.79 Å². The third kappa shape index (κ3) is 4.92. The number of primary amides is 1. The molecule has 0 aromatic carbocycles. The summed E-state index contributed by atoms with van der Waals surface area (Å²) >= 11 is 1.79. The van der Waals surface area contributed by atoms with Crippen LogP contribution >= 0.6 is 11.8 Å². The average molecular weight is 230 g/mol. The molecule has 15 heavy (non-hydrogen) atoms. The molecule has 0 fully saturated rings. The van der Waals surface area contributed by atoms with Gasteiger partial charge in [0.05, 0.1) is 6.54 Å². The summed E-state index contributed by atoms with van der Waals surface area (Å²) in [6.07, 6.45) is 2.41. The van der Waals surface area contributed by atoms with Crippen molar-refractivity contribution in [2.75, 3.05) is 19.6 Å². The van der Waals surface area contributed by atoms with Crippen molar-refractivity contribution in [1.29, 1.82) is 0 Å². The van der Waals surface area contributed by atoms with Crippen LogP contribution in [0.4, 0.5) is 4.79 Å². The number of amides is 2. The smallest absolute Gasteiger partial charge is 0.312 e. The van der Waals surface area contributed by atoms with Crippen LogP contribution in [0, 0.1) is 0 Å². The Kier molecular flexibility index (Phi) is 5.31. The number of thioether (sulfide) groups is 1. The van der Waals surface area contributed by atoms with Crippen LogP contribution in [0.1, 0.15) is 19.8 Å². The molecule has 1 aliphatic rings. The molecule has 0 saturated carbocycles. The summed E-state index contributed by atoms with van der Waals surface area (Å²) in [6, 6.07) is -0.485. The Morgan fingerprint density at radius 1 is 1.67 bits per heavy atom. The molecule has 1 aliphatic heterocycles. The van der Waals surface area contributed by atoms with Gasteiger partial charge in [0.25, 0.3) is 0 Å². The van der Waals surface area contributed by atoms with Gasteiger partial charge in [0.2, 0.25) is 0 Å². The third-order valence-electron chi connectivity index (χ3n) is 2.03. The minimum absolute atomic E-state index is 0.485. The van der Waals surface area contributed by atoms with Gasteiger partial charge >= 0.3 is 6.03 Å². The van der Waals surface area contributed by atoms with Crippen LogP contribution in [0.25, 0.3) is 0 Å². The van der Waals surface area contributed by atoms with Gasteiger partial charge in [-0.05, 0) is 6.42 Å². The first-order valence-corrected chi connectivity index (χ1v) is 6.08. The maximum absolute atomic E-state index is 10.4. The normalized spacial score (nSPS) is 19.8. The number of aliphatic imine (C=N–C) groups is 1. The molecule has 1 heterocycles. The van der Waals surface area contributed by atoms with Gasteiger partial charge in [0.1, 0.15) is 0 Å². The predicted octanol–water partition coefficient (Wildman–Crippen LogP) is 0.516. The maximum Gasteiger partial charge on any atom is 0.312 e. The van der Waals surface area contributed by atoms with E-state index in [1.165, 1.54) is 12.8 Å². The lowest BCUT2D eigenvalue weighted by Gasteiger charge is -2.07. The van der Waals surface area contributed by atoms with Crippen LogP contribution in [0.3, 0.4) is 0 Å². The fourth-order valence-electron chi connectivity index (χ4n) is 1.34. The Bertz CT molecular complexity index is 244. The quantitative estimate of drug-likeness (QED) is 0.602. The van der Waals surface area contributed by atoms with Crippen LogP contribution in [0.5, 0.6) is 0 Å². The SMILES string of the molecule is CCCC1CN=C(NCCNC(N)=O)S1. The average Bonchev–Trinajstić information content (AvgIpc) is 2.61. The van der Waals surface area contributed by atoms with Crippen molar-refractivity contribution in [3.05, 3.63) is 0 Å². The predicted molar refractivity (Wildman–Crippen MR) is 64.2 cm³/mol. The fourth-order valence-corrected chi connectivity index (χ4v) is 2.49. The zero-order valence-corrected chi connectivity index (χ0v) is 9.77. The molecule has 1 unspecified atom stereocenters. The highest BCUT2D eigenvalue weighted by molar-refractivity contribution is 8.14. The number of nitrogens with one attached hydrogen (secondary N) is 2. The number of amidine groups is 1. The van der Waals surface area contributed by atoms with E-state index in [4.69, 9.17) is 5.73 Å². The van der Waals surface area contributed by atoms with Crippen molar-refractivity contribution in [2.45, 2.75) is 25.0 Å². The van der Waals surface area contributed by atoms with Crippen LogP contribution < -0.4 is 16.4 Å². The van der Waals surface area contributed by atoms with E-state index < -0.39 is 6.03 Å². The number of carbonyl (C=O) groups excluding carboxylic acids is 1. The van der Waals surface area contributed by atoms with E-state index in [9.17, 15) is 4.79 Å². The molecule has 1 atom stereocenters. The summed E-state index contributed by atoms with van der Waals surface area (Å²) in [7, 11) is 0. The number of hydrogen-bond donors (Lipinski definition) is 3. The van der Waals surface area contributed by atoms with Crippen molar-refractivity contribution in [3.63, 3.8) is 0 Å². The van der Waals surface area contributed by atoms with E-state index >= 15 is 0 Å². The first kappa shape index (κ1) is 12.2. The highest BCUT2D eigenvalue weighted by atomic mass is 32.2. The fraction of sp³-hybridized carbons (Fsp3) is 0.778. The maximum atomic E-state index is 10.4. The van der Waals surface area contributed by atoms with Gasteiger partial charge in [0, 0.05) is 18.3 Å². The number of urea groups is 1. The second kappa shape index (κ2) is 6.55. The summed E-state index contributed by atoms with van der Waals surface area (Å²) in [6.45, 7) is 4.30. The van der Waals surface area contributed by atoms with Gasteiger partial charge in [0.15, 0.2) is 5.17 Å². The van der Waals surface area contributed by atoms with Crippen LogP contribution in [-0.2, 0) is 0 Å². The molecular formula is C9H18N4OS. The highest BCUT2D eigenvalue weighted by Crippen LogP contribution is 2.23. The van der Waals surface area contributed by atoms with E-state index in [1.807, 2.05) is 0 Å². The van der Waals surface area contributed by atoms with Crippen molar-refractivity contribution in [3.8, 4) is 0 Å². The van der Waals surface area contributed by atoms with E-state index in [0.717, 1.165) is 11.7 Å². The summed E-state index contributed by atoms with van der Waals surface area (Å²) in [5.41, 5.74) is 4.94. The van der Waals surface area contributed by atoms with E-state index in [0.29, 0.717) is 18.3 Å². The molecule has 5 nitrogen and oxygen atoms in total. The Hall–Kier alpha value is -0.910. The summed E-state index contributed by atoms with van der Waals surface area (Å²) in [4.78, 5) is 14.8. The van der Waals surface area contributed by atoms with Gasteiger partial charge in [-0.1, -0.05) is 25.1 Å². The summed E-state index contributed by atoms with van der Waals surface area (Å²) in [5.74, 6) is 0. The lowest BCUT2D eigenvalue weighted by molar-refractivity contribution is 0.249. The Morgan fingerprint density at radius 3 is 3.13 bits per heavy atom. The zero-order valence-electron chi connectivity index (χ0n) is 8.95. The van der Waals surface area contributed by atoms with Gasteiger partial charge in [-0.15, -0.1) is 0 Å². The first-order valence-electron chi connectivity index (χ1n) is 5.20. The molecule has 0 radical (unpaired) electrons. The first-order chi connectivity index (χ1) is 7.22. The van der Waals surface area contributed by atoms with E-state index in [1.54, 1.807) is 11.8 Å². The molecule has 0 aliphatic carbocycles. The standard InChI is InChI=1S/C9H18N4OS/c1-2-3-7-6-13-9(15-7)12-5-4-11-8(10)14/h7H,2-6H2,1H3,(H,12,13)(H3,10,11,14). The molecule has 4 N–H and O–H groups in total. The molecule has 0 saturated heterocycles. The molecule has 0 aromatic heterocycles. The largest absolute Gasteiger partial charge is 0.363 e. The topological polar surface area (TPSA) is 79.5 Å². The molecule has 0 aromatic rings. The van der Waals surface area contributed by atoms with Crippen molar-refractivity contribution in [1.82, 2.24) is 10.6 Å². The second-order valence-corrected chi connectivity index (χ2v) is 4.68. The Balaban J connectivity index is 2.06. The molecule has 0 bridgehead atoms. The van der Waals surface area contributed by atoms with Crippen LogP contribution in [-0.4, -0.2) is 36.1 Å². The summed E-state index contributed by atoms with van der Waals surface area (Å²) in [5, 5.41) is 7.30. The lowest BCUT2D eigenvalue weighted by Crippen LogP contribution is -2.36. The van der Waals surface area contributed by atoms with E-state index in [2.05, 4.69) is 22.5 Å². The number of carbonyl (C=O) groups is 1. The number of rotatable bonds is 5. The zero-order chi connectivity index (χ0) is 11.1. The number of nitrogens with zero attached hydrogens (tertiary/aromatic N) is 1. The number of hydrogen-bond acceptors (Lipinski definition) is 4. The second-order valence-electron chi connectivity index (χ2n) is 3.39. The third-order valence-corrected chi connectivity index (χ3v) is 3.24. The van der Waals surface area contributed by atoms with Crippen molar-refractivity contribution in [2.24, 2.45) is 10.7 Å². The van der Waals surface area contributed by atoms with Crippen LogP contribution in [0.15, 0.2) is 4.99 Å². The lowest BCUT2D eigenvalue weighted by atomic mass is 10.2. The highest BCUT2D eigenvalue weighted by Gasteiger charge is 2.17. The summed E-state index contributed by atoms with van der Waals surface area (Å²) < 4.78 is 0. The molecule has 6 heteroatoms. The molecular weight excluding hydrogens is 212 g/mol. The molecule has 1 rings (SSSR count). The Labute approximate surface area is 94.3 Å². The van der Waals surface area contributed by atoms with Gasteiger partial charge in [-0.3, -0.25) is 4.99 Å². The van der Waals surface area contributed by atoms with Crippen LogP contribution in [0.2, 0.25) is 0 Å². The van der Waals surface area contributed by atoms with Crippen molar-refractivity contribution < 1.29 is 4.79 Å². The van der Waals surface area contributed by atoms with Gasteiger partial charge < -0.3 is 16.4 Å². The van der Waals surface area contributed by atoms with E-state index in [-0.39, 0.29) is 0 Å². The number of nitrogens with two attached hydrogens (primary N) is 1. The molecule has 2 amide bonds. The molecule has 86 valence electrons. The minimum Gasteiger partial charge on any atom is -0.363 e. The van der Waals surface area contributed by atoms with Crippen molar-refractivity contribution >= 4 is 23.0 Å². The minimum atomic E-state index is -0.485.